The van der Waals surface area contributed by atoms with E-state index in [4.69, 9.17) is 0 Å². The van der Waals surface area contributed by atoms with E-state index in [-0.39, 0.29) is 24.1 Å². The van der Waals surface area contributed by atoms with Crippen molar-refractivity contribution in [2.24, 2.45) is 7.05 Å². The average Bonchev–Trinajstić information content (AvgIpc) is 3.05. The third-order valence-corrected chi connectivity index (χ3v) is 5.28. The second kappa shape index (κ2) is 6.98. The number of carbonyl (C=O) groups excluding carboxylic acids is 1. The van der Waals surface area contributed by atoms with Gasteiger partial charge in [0.05, 0.1) is 12.2 Å². The summed E-state index contributed by atoms with van der Waals surface area (Å²) in [5.41, 5.74) is 4.16. The van der Waals surface area contributed by atoms with E-state index >= 15 is 0 Å². The third-order valence-electron chi connectivity index (χ3n) is 5.28. The molecule has 1 unspecified atom stereocenters. The Kier molecular flexibility index (Phi) is 4.51. The molecule has 140 valence electrons. The molecular weight excluding hydrogens is 342 g/mol. The topological polar surface area (TPSA) is 81.8 Å². The third kappa shape index (κ3) is 3.37. The van der Waals surface area contributed by atoms with Crippen LogP contribution >= 0.6 is 0 Å². The summed E-state index contributed by atoms with van der Waals surface area (Å²) in [4.78, 5) is 29.2. The molecule has 1 amide bonds. The Morgan fingerprint density at radius 1 is 1.26 bits per heavy atom. The molecular formula is C20H23N5O2. The summed E-state index contributed by atoms with van der Waals surface area (Å²) >= 11 is 0. The van der Waals surface area contributed by atoms with Gasteiger partial charge < -0.3 is 5.32 Å². The largest absolute Gasteiger partial charge is 0.348 e. The Labute approximate surface area is 157 Å². The lowest BCUT2D eigenvalue weighted by atomic mass is 9.89. The summed E-state index contributed by atoms with van der Waals surface area (Å²) < 4.78 is 2.86. The van der Waals surface area contributed by atoms with Gasteiger partial charge in [0.2, 0.25) is 5.91 Å². The lowest BCUT2D eigenvalue weighted by molar-refractivity contribution is -0.122. The molecule has 1 atom stereocenters. The van der Waals surface area contributed by atoms with Crippen LogP contribution in [0.1, 0.15) is 42.5 Å². The lowest BCUT2D eigenvalue weighted by Crippen LogP contribution is -2.34. The first-order chi connectivity index (χ1) is 13.0. The number of rotatable bonds is 4. The van der Waals surface area contributed by atoms with Crippen LogP contribution in [0.25, 0.3) is 11.0 Å². The van der Waals surface area contributed by atoms with Crippen LogP contribution in [-0.4, -0.2) is 25.2 Å². The van der Waals surface area contributed by atoms with E-state index in [0.717, 1.165) is 18.4 Å². The van der Waals surface area contributed by atoms with Crippen LogP contribution < -0.4 is 10.9 Å². The molecule has 27 heavy (non-hydrogen) atoms. The molecule has 0 spiro atoms. The van der Waals surface area contributed by atoms with Gasteiger partial charge in [-0.3, -0.25) is 18.8 Å². The number of nitrogens with one attached hydrogen (secondary N) is 1. The van der Waals surface area contributed by atoms with E-state index in [0.29, 0.717) is 11.0 Å². The zero-order chi connectivity index (χ0) is 19.0. The Morgan fingerprint density at radius 2 is 2.04 bits per heavy atom. The number of fused-ring (bicyclic) bond motifs is 2. The van der Waals surface area contributed by atoms with Crippen LogP contribution in [0.15, 0.2) is 35.5 Å². The van der Waals surface area contributed by atoms with Crippen molar-refractivity contribution < 1.29 is 4.79 Å². The minimum Gasteiger partial charge on any atom is -0.348 e. The Hall–Kier alpha value is -2.96. The number of nitrogens with zero attached hydrogens (tertiary/aromatic N) is 4. The molecule has 0 aliphatic heterocycles. The summed E-state index contributed by atoms with van der Waals surface area (Å²) in [7, 11) is 1.73. The van der Waals surface area contributed by atoms with Crippen molar-refractivity contribution >= 4 is 16.9 Å². The van der Waals surface area contributed by atoms with Gasteiger partial charge >= 0.3 is 0 Å². The van der Waals surface area contributed by atoms with Crippen LogP contribution in [0, 0.1) is 0 Å². The number of aromatic nitrogens is 4. The normalized spacial score (nSPS) is 14.7. The molecule has 1 aliphatic carbocycles. The van der Waals surface area contributed by atoms with E-state index in [1.807, 2.05) is 6.92 Å². The van der Waals surface area contributed by atoms with Crippen molar-refractivity contribution in [1.29, 1.82) is 0 Å². The first-order valence-electron chi connectivity index (χ1n) is 9.31. The Balaban J connectivity index is 1.48. The van der Waals surface area contributed by atoms with E-state index in [9.17, 15) is 9.59 Å². The SMILES string of the molecule is CC(NC(=O)Cn1cnc2c(cnn2C)c1=O)c1ccc2c(c1)CCCC2. The monoisotopic (exact) mass is 365 g/mol. The quantitative estimate of drug-likeness (QED) is 0.765. The molecule has 1 aromatic carbocycles. The summed E-state index contributed by atoms with van der Waals surface area (Å²) in [6.45, 7) is 1.90. The fraction of sp³-hybridized carbons (Fsp3) is 0.400. The fourth-order valence-corrected chi connectivity index (χ4v) is 3.73. The summed E-state index contributed by atoms with van der Waals surface area (Å²) in [5.74, 6) is -0.215. The van der Waals surface area contributed by atoms with Crippen LogP contribution in [-0.2, 0) is 31.2 Å². The molecule has 0 radical (unpaired) electrons. The van der Waals surface area contributed by atoms with E-state index < -0.39 is 0 Å². The molecule has 0 saturated carbocycles. The number of aryl methyl sites for hydroxylation is 3. The first kappa shape index (κ1) is 17.5. The van der Waals surface area contributed by atoms with Gasteiger partial charge in [0.1, 0.15) is 18.3 Å². The summed E-state index contributed by atoms with van der Waals surface area (Å²) in [5, 5.41) is 7.44. The maximum atomic E-state index is 12.5. The molecule has 1 N–H and O–H groups in total. The van der Waals surface area contributed by atoms with Crippen molar-refractivity contribution in [3.05, 3.63) is 57.8 Å². The fourth-order valence-electron chi connectivity index (χ4n) is 3.73. The van der Waals surface area contributed by atoms with Gasteiger partial charge in [0.25, 0.3) is 5.56 Å². The predicted octanol–water partition coefficient (Wildman–Crippen LogP) is 1.89. The van der Waals surface area contributed by atoms with Crippen molar-refractivity contribution in [2.75, 3.05) is 0 Å². The highest BCUT2D eigenvalue weighted by molar-refractivity contribution is 5.77. The molecule has 2 aromatic heterocycles. The minimum absolute atomic E-state index is 0.0635. The Morgan fingerprint density at radius 3 is 2.85 bits per heavy atom. The maximum Gasteiger partial charge on any atom is 0.264 e. The number of benzene rings is 1. The van der Waals surface area contributed by atoms with Crippen LogP contribution in [0.5, 0.6) is 0 Å². The zero-order valence-electron chi connectivity index (χ0n) is 15.6. The van der Waals surface area contributed by atoms with Gasteiger partial charge in [-0.1, -0.05) is 18.2 Å². The van der Waals surface area contributed by atoms with Gasteiger partial charge in [-0.25, -0.2) is 4.98 Å². The highest BCUT2D eigenvalue weighted by Crippen LogP contribution is 2.24. The van der Waals surface area contributed by atoms with Crippen LogP contribution in [0.4, 0.5) is 0 Å². The van der Waals surface area contributed by atoms with Crippen molar-refractivity contribution in [3.63, 3.8) is 0 Å². The van der Waals surface area contributed by atoms with Gasteiger partial charge in [0, 0.05) is 7.05 Å². The standard InChI is InChI=1S/C20H23N5O2/c1-13(15-8-7-14-5-3-4-6-16(14)9-15)23-18(26)11-25-12-21-19-17(20(25)27)10-22-24(19)2/h7-10,12-13H,3-6,11H2,1-2H3,(H,23,26). The molecule has 2 heterocycles. The smallest absolute Gasteiger partial charge is 0.264 e. The second-order valence-electron chi connectivity index (χ2n) is 7.21. The highest BCUT2D eigenvalue weighted by Gasteiger charge is 2.15. The molecule has 1 aliphatic rings. The number of amides is 1. The van der Waals surface area contributed by atoms with E-state index in [2.05, 4.69) is 33.6 Å². The van der Waals surface area contributed by atoms with Crippen LogP contribution in [0.2, 0.25) is 0 Å². The highest BCUT2D eigenvalue weighted by atomic mass is 16.2. The van der Waals surface area contributed by atoms with Gasteiger partial charge in [-0.2, -0.15) is 5.10 Å². The molecule has 0 fully saturated rings. The molecule has 7 nitrogen and oxygen atoms in total. The number of carbonyl (C=O) groups is 1. The van der Waals surface area contributed by atoms with Crippen molar-refractivity contribution in [2.45, 2.75) is 45.2 Å². The predicted molar refractivity (Wildman–Crippen MR) is 102 cm³/mol. The molecule has 7 heteroatoms. The molecule has 0 saturated heterocycles. The van der Waals surface area contributed by atoms with Crippen LogP contribution in [0.3, 0.4) is 0 Å². The molecule has 3 aromatic rings. The minimum atomic E-state index is -0.260. The Bertz CT molecular complexity index is 1070. The van der Waals surface area contributed by atoms with Crippen molar-refractivity contribution in [1.82, 2.24) is 24.6 Å². The summed E-state index contributed by atoms with van der Waals surface area (Å²) in [6.07, 6.45) is 7.61. The van der Waals surface area contributed by atoms with Gasteiger partial charge in [0.15, 0.2) is 5.65 Å². The first-order valence-corrected chi connectivity index (χ1v) is 9.31. The van der Waals surface area contributed by atoms with E-state index in [1.165, 1.54) is 41.1 Å². The van der Waals surface area contributed by atoms with Crippen molar-refractivity contribution in [3.8, 4) is 0 Å². The number of hydrogen-bond acceptors (Lipinski definition) is 4. The lowest BCUT2D eigenvalue weighted by Gasteiger charge is -2.20. The molecule has 4 rings (SSSR count). The maximum absolute atomic E-state index is 12.5. The van der Waals surface area contributed by atoms with Gasteiger partial charge in [-0.05, 0) is 49.3 Å². The van der Waals surface area contributed by atoms with Gasteiger partial charge in [-0.15, -0.1) is 0 Å². The summed E-state index contributed by atoms with van der Waals surface area (Å²) in [6, 6.07) is 6.35. The zero-order valence-corrected chi connectivity index (χ0v) is 15.6. The molecule has 0 bridgehead atoms. The second-order valence-corrected chi connectivity index (χ2v) is 7.21. The average molecular weight is 365 g/mol. The number of hydrogen-bond donors (Lipinski definition) is 1. The van der Waals surface area contributed by atoms with E-state index in [1.54, 1.807) is 11.7 Å².